The third kappa shape index (κ3) is 3.84. The molecule has 0 spiro atoms. The van der Waals surface area contributed by atoms with Crippen LogP contribution in [0.4, 0.5) is 13.2 Å². The minimum absolute atomic E-state index is 0.0699. The van der Waals surface area contributed by atoms with Crippen LogP contribution in [0.15, 0.2) is 36.4 Å². The first-order valence-electron chi connectivity index (χ1n) is 10.9. The van der Waals surface area contributed by atoms with Gasteiger partial charge in [0.1, 0.15) is 17.5 Å². The minimum Gasteiger partial charge on any atom is -0.356 e. The topological polar surface area (TPSA) is 44.9 Å². The Morgan fingerprint density at radius 2 is 1.81 bits per heavy atom. The number of nitrogens with one attached hydrogen (secondary N) is 2. The van der Waals surface area contributed by atoms with Gasteiger partial charge in [-0.05, 0) is 84.9 Å². The van der Waals surface area contributed by atoms with E-state index in [0.29, 0.717) is 29.5 Å². The predicted octanol–water partition coefficient (Wildman–Crippen LogP) is 5.91. The quantitative estimate of drug-likeness (QED) is 0.506. The molecule has 1 atom stereocenters. The highest BCUT2D eigenvalue weighted by molar-refractivity contribution is 5.92. The summed E-state index contributed by atoms with van der Waals surface area (Å²) < 4.78 is 41.9. The third-order valence-corrected chi connectivity index (χ3v) is 6.95. The van der Waals surface area contributed by atoms with Gasteiger partial charge in [0, 0.05) is 23.9 Å². The van der Waals surface area contributed by atoms with Crippen LogP contribution in [0, 0.1) is 35.2 Å². The lowest BCUT2D eigenvalue weighted by molar-refractivity contribution is -0.125. The Morgan fingerprint density at radius 1 is 1.10 bits per heavy atom. The summed E-state index contributed by atoms with van der Waals surface area (Å²) in [6.07, 6.45) is 3.94. The Labute approximate surface area is 179 Å². The van der Waals surface area contributed by atoms with Gasteiger partial charge in [-0.15, -0.1) is 0 Å². The van der Waals surface area contributed by atoms with Crippen LogP contribution in [0.3, 0.4) is 0 Å². The number of H-pyrrole nitrogens is 1. The van der Waals surface area contributed by atoms with E-state index in [1.54, 1.807) is 12.1 Å². The highest BCUT2D eigenvalue weighted by Gasteiger charge is 2.36. The fourth-order valence-corrected chi connectivity index (χ4v) is 4.86. The number of hydrogen-bond acceptors (Lipinski definition) is 1. The highest BCUT2D eigenvalue weighted by atomic mass is 19.1. The van der Waals surface area contributed by atoms with Crippen molar-refractivity contribution in [2.75, 3.05) is 6.54 Å². The monoisotopic (exact) mass is 426 g/mol. The van der Waals surface area contributed by atoms with Crippen molar-refractivity contribution in [2.24, 2.45) is 17.8 Å². The van der Waals surface area contributed by atoms with Crippen LogP contribution in [0.5, 0.6) is 0 Å². The van der Waals surface area contributed by atoms with E-state index in [0.717, 1.165) is 42.9 Å². The molecule has 2 N–H and O–H groups in total. The van der Waals surface area contributed by atoms with Gasteiger partial charge in [0.15, 0.2) is 0 Å². The van der Waals surface area contributed by atoms with E-state index in [1.807, 2.05) is 6.92 Å². The lowest BCUT2D eigenvalue weighted by Gasteiger charge is -2.36. The van der Waals surface area contributed by atoms with E-state index >= 15 is 0 Å². The normalized spacial score (nSPS) is 21.7. The summed E-state index contributed by atoms with van der Waals surface area (Å²) in [4.78, 5) is 15.4. The lowest BCUT2D eigenvalue weighted by Crippen LogP contribution is -2.38. The first-order valence-corrected chi connectivity index (χ1v) is 10.9. The van der Waals surface area contributed by atoms with Gasteiger partial charge in [-0.3, -0.25) is 4.79 Å². The highest BCUT2D eigenvalue weighted by Crippen LogP contribution is 2.48. The zero-order valence-corrected chi connectivity index (χ0v) is 17.4. The molecule has 6 heteroatoms. The Balaban J connectivity index is 1.38. The molecule has 0 bridgehead atoms. The van der Waals surface area contributed by atoms with Gasteiger partial charge in [0.25, 0.3) is 0 Å². The number of carbonyl (C=O) groups excluding carboxylic acids is 1. The average Bonchev–Trinajstić information content (AvgIpc) is 3.49. The van der Waals surface area contributed by atoms with Gasteiger partial charge in [0.05, 0.1) is 11.2 Å². The molecule has 2 aliphatic rings. The molecular formula is C25H25F3N2O. The first-order chi connectivity index (χ1) is 14.9. The summed E-state index contributed by atoms with van der Waals surface area (Å²) in [5.41, 5.74) is 2.58. The Morgan fingerprint density at radius 3 is 2.48 bits per heavy atom. The molecule has 0 aliphatic heterocycles. The number of fused-ring (bicyclic) bond motifs is 1. The fraction of sp³-hybridized carbons (Fsp3) is 0.400. The van der Waals surface area contributed by atoms with E-state index in [4.69, 9.17) is 0 Å². The summed E-state index contributed by atoms with van der Waals surface area (Å²) in [5, 5.41) is 3.61. The number of carbonyl (C=O) groups is 1. The molecule has 3 aromatic rings. The smallest absolute Gasteiger partial charge is 0.223 e. The van der Waals surface area contributed by atoms with Crippen LogP contribution in [-0.4, -0.2) is 17.4 Å². The molecule has 1 heterocycles. The Kier molecular flexibility index (Phi) is 5.03. The molecule has 2 aromatic carbocycles. The second kappa shape index (κ2) is 7.74. The van der Waals surface area contributed by atoms with E-state index in [1.165, 1.54) is 18.2 Å². The SMILES string of the molecule is CC(C(=O)NC[C@H]1C[C@@H](c2c(-c3ccc(F)cc3)[nH]c3c(F)cc(F)cc32)C1)C1CC1. The maximum atomic E-state index is 14.5. The van der Waals surface area contributed by atoms with Gasteiger partial charge < -0.3 is 10.3 Å². The standard InChI is InChI=1S/C25H25F3N2O/c1-13(15-2-3-15)25(31)29-12-14-8-17(9-14)22-20-10-19(27)11-21(28)24(20)30-23(22)16-4-6-18(26)7-5-16/h4-7,10-11,13-15,17,30H,2-3,8-9,12H2,1H3,(H,29,31)/t13?,14-,17+. The molecule has 2 aliphatic carbocycles. The number of benzene rings is 2. The number of rotatable bonds is 6. The maximum absolute atomic E-state index is 14.5. The van der Waals surface area contributed by atoms with Crippen LogP contribution in [0.25, 0.3) is 22.2 Å². The van der Waals surface area contributed by atoms with Gasteiger partial charge in [-0.2, -0.15) is 0 Å². The molecule has 1 amide bonds. The predicted molar refractivity (Wildman–Crippen MR) is 114 cm³/mol. The summed E-state index contributed by atoms with van der Waals surface area (Å²) in [6.45, 7) is 2.62. The number of amides is 1. The summed E-state index contributed by atoms with van der Waals surface area (Å²) in [7, 11) is 0. The van der Waals surface area contributed by atoms with Crippen molar-refractivity contribution < 1.29 is 18.0 Å². The van der Waals surface area contributed by atoms with Crippen molar-refractivity contribution in [1.29, 1.82) is 0 Å². The molecule has 162 valence electrons. The van der Waals surface area contributed by atoms with Crippen molar-refractivity contribution in [3.8, 4) is 11.3 Å². The second-order valence-electron chi connectivity index (χ2n) is 9.14. The molecule has 31 heavy (non-hydrogen) atoms. The largest absolute Gasteiger partial charge is 0.356 e. The van der Waals surface area contributed by atoms with Crippen molar-refractivity contribution in [3.63, 3.8) is 0 Å². The molecule has 0 saturated heterocycles. The number of hydrogen-bond donors (Lipinski definition) is 2. The van der Waals surface area contributed by atoms with Crippen LogP contribution in [0.2, 0.25) is 0 Å². The number of aromatic nitrogens is 1. The fourth-order valence-electron chi connectivity index (χ4n) is 4.86. The van der Waals surface area contributed by atoms with Crippen molar-refractivity contribution in [1.82, 2.24) is 10.3 Å². The molecule has 3 nitrogen and oxygen atoms in total. The van der Waals surface area contributed by atoms with E-state index in [9.17, 15) is 18.0 Å². The van der Waals surface area contributed by atoms with Gasteiger partial charge >= 0.3 is 0 Å². The van der Waals surface area contributed by atoms with Crippen LogP contribution < -0.4 is 5.32 Å². The van der Waals surface area contributed by atoms with Gasteiger partial charge in [-0.25, -0.2) is 13.2 Å². The zero-order valence-electron chi connectivity index (χ0n) is 17.4. The average molecular weight is 426 g/mol. The number of halogens is 3. The molecule has 2 saturated carbocycles. The van der Waals surface area contributed by atoms with E-state index < -0.39 is 11.6 Å². The maximum Gasteiger partial charge on any atom is 0.223 e. The Hall–Kier alpha value is -2.76. The third-order valence-electron chi connectivity index (χ3n) is 6.95. The van der Waals surface area contributed by atoms with Crippen molar-refractivity contribution in [3.05, 3.63) is 59.4 Å². The molecule has 1 unspecified atom stereocenters. The molecular weight excluding hydrogens is 401 g/mol. The second-order valence-corrected chi connectivity index (χ2v) is 9.14. The van der Waals surface area contributed by atoms with Gasteiger partial charge in [0.2, 0.25) is 5.91 Å². The summed E-state index contributed by atoms with van der Waals surface area (Å²) in [5.74, 6) is -0.422. The Bertz CT molecular complexity index is 1130. The molecule has 1 aromatic heterocycles. The van der Waals surface area contributed by atoms with Crippen LogP contribution >= 0.6 is 0 Å². The van der Waals surface area contributed by atoms with E-state index in [2.05, 4.69) is 10.3 Å². The molecule has 0 radical (unpaired) electrons. The summed E-state index contributed by atoms with van der Waals surface area (Å²) in [6, 6.07) is 8.26. The lowest BCUT2D eigenvalue weighted by atomic mass is 9.70. The van der Waals surface area contributed by atoms with Crippen molar-refractivity contribution >= 4 is 16.8 Å². The summed E-state index contributed by atoms with van der Waals surface area (Å²) >= 11 is 0. The van der Waals surface area contributed by atoms with Crippen LogP contribution in [-0.2, 0) is 4.79 Å². The minimum atomic E-state index is -0.637. The van der Waals surface area contributed by atoms with Crippen LogP contribution in [0.1, 0.15) is 44.1 Å². The zero-order chi connectivity index (χ0) is 21.7. The van der Waals surface area contributed by atoms with E-state index in [-0.39, 0.29) is 29.1 Å². The van der Waals surface area contributed by atoms with Crippen molar-refractivity contribution in [2.45, 2.75) is 38.5 Å². The van der Waals surface area contributed by atoms with Gasteiger partial charge in [-0.1, -0.05) is 6.92 Å². The first kappa shape index (κ1) is 20.2. The molecule has 2 fully saturated rings. The molecule has 5 rings (SSSR count). The number of aromatic amines is 1.